The molecule has 0 aromatic heterocycles. The maximum atomic E-state index is 12.3. The van der Waals surface area contributed by atoms with Gasteiger partial charge in [-0.05, 0) is 47.7 Å². The Hall–Kier alpha value is -0.610. The monoisotopic (exact) mass is 257 g/mol. The van der Waals surface area contributed by atoms with Gasteiger partial charge in [0.05, 0.1) is 5.41 Å². The van der Waals surface area contributed by atoms with Crippen LogP contribution >= 0.6 is 0 Å². The zero-order valence-corrected chi connectivity index (χ0v) is 13.3. The largest absolute Gasteiger partial charge is 0.354 e. The van der Waals surface area contributed by atoms with E-state index in [1.807, 2.05) is 41.8 Å². The standard InChI is InChI=1S/C14H31N3O/c1-10(2)11(17(7)8)9-16-12(18)13(3,4)14(5,6)15/h10-11H,9,15H2,1-8H3,(H,16,18). The van der Waals surface area contributed by atoms with Crippen molar-refractivity contribution in [3.63, 3.8) is 0 Å². The third-order valence-corrected chi connectivity index (χ3v) is 4.08. The average Bonchev–Trinajstić information content (AvgIpc) is 2.14. The minimum absolute atomic E-state index is 0.0162. The molecule has 0 heterocycles. The molecule has 108 valence electrons. The van der Waals surface area contributed by atoms with E-state index in [9.17, 15) is 4.79 Å². The highest BCUT2D eigenvalue weighted by Crippen LogP contribution is 2.28. The second kappa shape index (κ2) is 6.02. The van der Waals surface area contributed by atoms with Gasteiger partial charge >= 0.3 is 0 Å². The Bertz CT molecular complexity index is 269. The molecule has 4 heteroatoms. The van der Waals surface area contributed by atoms with Gasteiger partial charge < -0.3 is 16.0 Å². The second-order valence-electron chi connectivity index (χ2n) is 6.83. The highest BCUT2D eigenvalue weighted by molar-refractivity contribution is 5.83. The Labute approximate surface area is 112 Å². The van der Waals surface area contributed by atoms with Crippen molar-refractivity contribution in [3.8, 4) is 0 Å². The lowest BCUT2D eigenvalue weighted by Crippen LogP contribution is -2.57. The van der Waals surface area contributed by atoms with Crippen molar-refractivity contribution >= 4 is 5.91 Å². The predicted molar refractivity (Wildman–Crippen MR) is 77.4 cm³/mol. The Kier molecular flexibility index (Phi) is 5.82. The third-order valence-electron chi connectivity index (χ3n) is 4.08. The zero-order valence-electron chi connectivity index (χ0n) is 13.3. The fourth-order valence-electron chi connectivity index (χ4n) is 1.73. The van der Waals surface area contributed by atoms with Crippen LogP contribution in [0.4, 0.5) is 0 Å². The van der Waals surface area contributed by atoms with Crippen LogP contribution in [0.5, 0.6) is 0 Å². The van der Waals surface area contributed by atoms with E-state index in [1.54, 1.807) is 0 Å². The second-order valence-corrected chi connectivity index (χ2v) is 6.83. The SMILES string of the molecule is CC(C)C(CNC(=O)C(C)(C)C(C)(C)N)N(C)C. The number of amides is 1. The fourth-order valence-corrected chi connectivity index (χ4v) is 1.73. The summed E-state index contributed by atoms with van der Waals surface area (Å²) in [7, 11) is 4.07. The molecule has 0 rings (SSSR count). The molecule has 0 saturated carbocycles. The molecule has 0 aromatic rings. The van der Waals surface area contributed by atoms with Crippen LogP contribution in [0.2, 0.25) is 0 Å². The van der Waals surface area contributed by atoms with Gasteiger partial charge in [-0.3, -0.25) is 4.79 Å². The maximum Gasteiger partial charge on any atom is 0.227 e. The van der Waals surface area contributed by atoms with Crippen molar-refractivity contribution < 1.29 is 4.79 Å². The van der Waals surface area contributed by atoms with Crippen molar-refractivity contribution in [2.45, 2.75) is 53.1 Å². The molecule has 0 fully saturated rings. The molecule has 1 atom stereocenters. The minimum Gasteiger partial charge on any atom is -0.354 e. The minimum atomic E-state index is -0.582. The summed E-state index contributed by atoms with van der Waals surface area (Å²) >= 11 is 0. The summed E-state index contributed by atoms with van der Waals surface area (Å²) in [4.78, 5) is 14.4. The predicted octanol–water partition coefficient (Wildman–Crippen LogP) is 1.45. The van der Waals surface area contributed by atoms with Crippen LogP contribution in [-0.4, -0.2) is 43.0 Å². The molecule has 0 bridgehead atoms. The van der Waals surface area contributed by atoms with Gasteiger partial charge in [0.25, 0.3) is 0 Å². The molecular weight excluding hydrogens is 226 g/mol. The first kappa shape index (κ1) is 17.4. The highest BCUT2D eigenvalue weighted by atomic mass is 16.2. The molecule has 0 aromatic carbocycles. The van der Waals surface area contributed by atoms with Crippen LogP contribution < -0.4 is 11.1 Å². The first-order chi connectivity index (χ1) is 7.91. The third kappa shape index (κ3) is 4.25. The van der Waals surface area contributed by atoms with E-state index in [-0.39, 0.29) is 5.91 Å². The van der Waals surface area contributed by atoms with Crippen molar-refractivity contribution in [2.75, 3.05) is 20.6 Å². The summed E-state index contributed by atoms with van der Waals surface area (Å²) in [5.74, 6) is 0.511. The smallest absolute Gasteiger partial charge is 0.227 e. The maximum absolute atomic E-state index is 12.3. The Morgan fingerprint density at radius 1 is 1.22 bits per heavy atom. The number of hydrogen-bond donors (Lipinski definition) is 2. The van der Waals surface area contributed by atoms with Crippen LogP contribution in [0, 0.1) is 11.3 Å². The number of likely N-dealkylation sites (N-methyl/N-ethyl adjacent to an activating group) is 1. The van der Waals surface area contributed by atoms with Crippen molar-refractivity contribution in [1.29, 1.82) is 0 Å². The number of nitrogens with one attached hydrogen (secondary N) is 1. The first-order valence-corrected chi connectivity index (χ1v) is 6.65. The van der Waals surface area contributed by atoms with E-state index in [0.29, 0.717) is 18.5 Å². The van der Waals surface area contributed by atoms with Gasteiger partial charge in [0.1, 0.15) is 0 Å². The molecule has 0 radical (unpaired) electrons. The molecule has 1 unspecified atom stereocenters. The lowest BCUT2D eigenvalue weighted by molar-refractivity contribution is -0.132. The normalized spacial score (nSPS) is 15.1. The number of nitrogens with two attached hydrogens (primary N) is 1. The molecule has 0 aliphatic carbocycles. The van der Waals surface area contributed by atoms with Crippen LogP contribution in [0.25, 0.3) is 0 Å². The van der Waals surface area contributed by atoms with E-state index >= 15 is 0 Å². The molecule has 0 aliphatic rings. The molecule has 1 amide bonds. The van der Waals surface area contributed by atoms with E-state index in [4.69, 9.17) is 5.73 Å². The summed E-state index contributed by atoms with van der Waals surface area (Å²) in [5, 5.41) is 3.03. The average molecular weight is 257 g/mol. The number of carbonyl (C=O) groups excluding carboxylic acids is 1. The van der Waals surface area contributed by atoms with Gasteiger partial charge in [0.2, 0.25) is 5.91 Å². The first-order valence-electron chi connectivity index (χ1n) is 6.65. The summed E-state index contributed by atoms with van der Waals surface area (Å²) in [5.41, 5.74) is 4.95. The molecular formula is C14H31N3O. The van der Waals surface area contributed by atoms with Crippen molar-refractivity contribution in [1.82, 2.24) is 10.2 Å². The van der Waals surface area contributed by atoms with Crippen LogP contribution in [0.3, 0.4) is 0 Å². The quantitative estimate of drug-likeness (QED) is 0.757. The van der Waals surface area contributed by atoms with Gasteiger partial charge in [0.15, 0.2) is 0 Å². The summed E-state index contributed by atoms with van der Waals surface area (Å²) < 4.78 is 0. The van der Waals surface area contributed by atoms with Crippen molar-refractivity contribution in [3.05, 3.63) is 0 Å². The van der Waals surface area contributed by atoms with Gasteiger partial charge in [0, 0.05) is 18.1 Å². The molecule has 0 saturated heterocycles. The van der Waals surface area contributed by atoms with Crippen LogP contribution in [0.1, 0.15) is 41.5 Å². The number of rotatable bonds is 6. The molecule has 0 aliphatic heterocycles. The van der Waals surface area contributed by atoms with Gasteiger partial charge in [-0.25, -0.2) is 0 Å². The molecule has 0 spiro atoms. The lowest BCUT2D eigenvalue weighted by Gasteiger charge is -2.38. The van der Waals surface area contributed by atoms with E-state index < -0.39 is 11.0 Å². The molecule has 18 heavy (non-hydrogen) atoms. The Balaban J connectivity index is 4.60. The van der Waals surface area contributed by atoms with E-state index in [0.717, 1.165) is 0 Å². The van der Waals surface area contributed by atoms with Crippen LogP contribution in [-0.2, 0) is 4.79 Å². The summed E-state index contributed by atoms with van der Waals surface area (Å²) in [6.07, 6.45) is 0. The molecule has 4 nitrogen and oxygen atoms in total. The zero-order chi connectivity index (χ0) is 14.7. The van der Waals surface area contributed by atoms with Gasteiger partial charge in [-0.1, -0.05) is 13.8 Å². The van der Waals surface area contributed by atoms with Crippen molar-refractivity contribution in [2.24, 2.45) is 17.1 Å². The number of nitrogens with zero attached hydrogens (tertiary/aromatic N) is 1. The fraction of sp³-hybridized carbons (Fsp3) is 0.929. The Morgan fingerprint density at radius 3 is 1.94 bits per heavy atom. The molecule has 3 N–H and O–H groups in total. The Morgan fingerprint density at radius 2 is 1.67 bits per heavy atom. The summed E-state index contributed by atoms with van der Waals surface area (Å²) in [6, 6.07) is 0.339. The van der Waals surface area contributed by atoms with E-state index in [1.165, 1.54) is 0 Å². The number of carbonyl (C=O) groups is 1. The highest BCUT2D eigenvalue weighted by Gasteiger charge is 2.40. The lowest BCUT2D eigenvalue weighted by atomic mass is 9.74. The summed E-state index contributed by atoms with van der Waals surface area (Å²) in [6.45, 7) is 12.5. The van der Waals surface area contributed by atoms with Crippen LogP contribution in [0.15, 0.2) is 0 Å². The van der Waals surface area contributed by atoms with E-state index in [2.05, 4.69) is 24.1 Å². The number of hydrogen-bond acceptors (Lipinski definition) is 3. The van der Waals surface area contributed by atoms with Gasteiger partial charge in [-0.15, -0.1) is 0 Å². The van der Waals surface area contributed by atoms with Gasteiger partial charge in [-0.2, -0.15) is 0 Å². The topological polar surface area (TPSA) is 58.4 Å².